The molecule has 4 amide bonds. The first-order chi connectivity index (χ1) is 33.7. The molecule has 0 radical (unpaired) electrons. The Kier molecular flexibility index (Phi) is 13.7. The van der Waals surface area contributed by atoms with Crippen LogP contribution in [0.3, 0.4) is 0 Å². The summed E-state index contributed by atoms with van der Waals surface area (Å²) < 4.78 is 12.4. The predicted molar refractivity (Wildman–Crippen MR) is 257 cm³/mol. The third kappa shape index (κ3) is 8.75. The molecule has 3 aliphatic rings. The number of nitrogens with one attached hydrogen (secondary N) is 2. The molecule has 69 heavy (non-hydrogen) atoms. The highest BCUT2D eigenvalue weighted by Gasteiger charge is 2.75. The van der Waals surface area contributed by atoms with Gasteiger partial charge in [0, 0.05) is 18.5 Å². The van der Waals surface area contributed by atoms with Gasteiger partial charge in [-0.25, -0.2) is 9.69 Å². The van der Waals surface area contributed by atoms with Crippen molar-refractivity contribution in [3.8, 4) is 17.6 Å². The Morgan fingerprint density at radius 2 is 1.38 bits per heavy atom. The van der Waals surface area contributed by atoms with E-state index in [9.17, 15) is 15.3 Å². The van der Waals surface area contributed by atoms with Crippen molar-refractivity contribution in [2.75, 3.05) is 31.3 Å². The molecular weight excluding hydrogens is 873 g/mol. The minimum Gasteiger partial charge on any atom is -0.491 e. The fraction of sp³-hybridized carbons (Fsp3) is 0.250. The highest BCUT2D eigenvalue weighted by atomic mass is 16.6. The van der Waals surface area contributed by atoms with E-state index in [2.05, 4.69) is 22.5 Å². The second-order valence-electron chi connectivity index (χ2n) is 17.3. The SMILES string of the molecule is C[C@@H](NC(=O)N1C(=O)[C@@]2(c3cc(C#CCCO)ccc31)[C@H](C(=O)NC[C@H](O)c1ccccc1)[C@H]1C(=O)O[C@H](c3ccccc3)[C@H](c3ccccc3)N1[C@@H]2c1ccc(OCCO)cc1)c1ccccc1. The first-order valence-corrected chi connectivity index (χ1v) is 23.0. The molecule has 0 aliphatic carbocycles. The molecule has 2 fully saturated rings. The van der Waals surface area contributed by atoms with Crippen LogP contribution in [0, 0.1) is 17.8 Å². The number of amides is 4. The van der Waals surface area contributed by atoms with E-state index in [4.69, 9.17) is 9.47 Å². The molecule has 0 saturated carbocycles. The maximum absolute atomic E-state index is 16.6. The number of nitrogens with zero attached hydrogens (tertiary/aromatic N) is 2. The molecule has 350 valence electrons. The highest BCUT2D eigenvalue weighted by molar-refractivity contribution is 6.24. The zero-order valence-corrected chi connectivity index (χ0v) is 37.9. The normalized spacial score (nSPS) is 22.4. The summed E-state index contributed by atoms with van der Waals surface area (Å²) in [6.45, 7) is 1.14. The number of anilines is 1. The minimum absolute atomic E-state index is 0.0239. The lowest BCUT2D eigenvalue weighted by atomic mass is 9.65. The van der Waals surface area contributed by atoms with Crippen LogP contribution >= 0.6 is 0 Å². The number of ether oxygens (including phenoxy) is 2. The first-order valence-electron chi connectivity index (χ1n) is 23.0. The van der Waals surface area contributed by atoms with E-state index in [-0.39, 0.29) is 44.0 Å². The number of hydrogen-bond donors (Lipinski definition) is 5. The monoisotopic (exact) mass is 924 g/mol. The molecule has 13 nitrogen and oxygen atoms in total. The van der Waals surface area contributed by atoms with Crippen LogP contribution in [-0.2, 0) is 24.5 Å². The number of cyclic esters (lactones) is 1. The van der Waals surface area contributed by atoms with E-state index in [1.165, 1.54) is 0 Å². The molecule has 3 heterocycles. The zero-order chi connectivity index (χ0) is 48.1. The van der Waals surface area contributed by atoms with Crippen LogP contribution in [0.25, 0.3) is 0 Å². The number of urea groups is 1. The van der Waals surface area contributed by atoms with Crippen LogP contribution in [0.15, 0.2) is 164 Å². The highest BCUT2D eigenvalue weighted by Crippen LogP contribution is 2.66. The summed E-state index contributed by atoms with van der Waals surface area (Å²) in [4.78, 5) is 65.7. The number of fused-ring (bicyclic) bond motifs is 3. The molecule has 0 bridgehead atoms. The molecule has 13 heteroatoms. The van der Waals surface area contributed by atoms with Gasteiger partial charge in [0.2, 0.25) is 11.8 Å². The lowest BCUT2D eigenvalue weighted by Crippen LogP contribution is -2.56. The van der Waals surface area contributed by atoms with Crippen molar-refractivity contribution in [1.29, 1.82) is 0 Å². The fourth-order valence-corrected chi connectivity index (χ4v) is 10.3. The molecule has 1 spiro atoms. The summed E-state index contributed by atoms with van der Waals surface area (Å²) >= 11 is 0. The molecule has 0 aromatic heterocycles. The number of benzene rings is 6. The maximum Gasteiger partial charge on any atom is 0.329 e. The van der Waals surface area contributed by atoms with Gasteiger partial charge in [-0.15, -0.1) is 0 Å². The van der Waals surface area contributed by atoms with Crippen LogP contribution in [0.4, 0.5) is 10.5 Å². The molecule has 6 aromatic rings. The summed E-state index contributed by atoms with van der Waals surface area (Å²) in [6.07, 6.45) is -1.94. The first kappa shape index (κ1) is 46.5. The largest absolute Gasteiger partial charge is 0.491 e. The van der Waals surface area contributed by atoms with Gasteiger partial charge in [0.1, 0.15) is 29.9 Å². The van der Waals surface area contributed by atoms with Crippen molar-refractivity contribution in [2.45, 2.75) is 55.1 Å². The third-order valence-corrected chi connectivity index (χ3v) is 13.3. The van der Waals surface area contributed by atoms with E-state index in [1.54, 1.807) is 66.7 Å². The number of esters is 1. The van der Waals surface area contributed by atoms with E-state index in [0.29, 0.717) is 28.0 Å². The van der Waals surface area contributed by atoms with Gasteiger partial charge in [0.05, 0.1) is 49.0 Å². The molecule has 2 saturated heterocycles. The Hall–Kier alpha value is -7.60. The smallest absolute Gasteiger partial charge is 0.329 e. The number of imide groups is 1. The molecule has 8 atom stereocenters. The van der Waals surface area contributed by atoms with E-state index in [1.807, 2.05) is 109 Å². The second kappa shape index (κ2) is 20.3. The molecule has 3 aliphatic heterocycles. The van der Waals surface area contributed by atoms with E-state index < -0.39 is 71.5 Å². The van der Waals surface area contributed by atoms with Crippen molar-refractivity contribution in [2.24, 2.45) is 5.92 Å². The van der Waals surface area contributed by atoms with Gasteiger partial charge in [-0.1, -0.05) is 145 Å². The third-order valence-electron chi connectivity index (χ3n) is 13.3. The number of aliphatic hydroxyl groups is 3. The van der Waals surface area contributed by atoms with Gasteiger partial charge < -0.3 is 35.4 Å². The molecule has 5 N–H and O–H groups in total. The van der Waals surface area contributed by atoms with Gasteiger partial charge in [0.25, 0.3) is 0 Å². The van der Waals surface area contributed by atoms with Crippen molar-refractivity contribution in [1.82, 2.24) is 15.5 Å². The number of hydrogen-bond acceptors (Lipinski definition) is 10. The lowest BCUT2D eigenvalue weighted by molar-refractivity contribution is -0.178. The van der Waals surface area contributed by atoms with Crippen molar-refractivity contribution >= 4 is 29.5 Å². The quantitative estimate of drug-likeness (QED) is 0.0613. The Bertz CT molecular complexity index is 2860. The van der Waals surface area contributed by atoms with Crippen molar-refractivity contribution in [3.05, 3.63) is 203 Å². The van der Waals surface area contributed by atoms with Crippen LogP contribution in [0.2, 0.25) is 0 Å². The Balaban J connectivity index is 1.32. The van der Waals surface area contributed by atoms with Crippen LogP contribution in [0.5, 0.6) is 5.75 Å². The number of aliphatic hydroxyl groups excluding tert-OH is 3. The lowest BCUT2D eigenvalue weighted by Gasteiger charge is -2.46. The Morgan fingerprint density at radius 3 is 2.01 bits per heavy atom. The average molecular weight is 925 g/mol. The number of morpholine rings is 1. The van der Waals surface area contributed by atoms with E-state index in [0.717, 1.165) is 16.0 Å². The van der Waals surface area contributed by atoms with Crippen molar-refractivity contribution in [3.63, 3.8) is 0 Å². The molecular formula is C56H52N4O9. The van der Waals surface area contributed by atoms with Gasteiger partial charge in [-0.05, 0) is 70.6 Å². The minimum atomic E-state index is -2.07. The summed E-state index contributed by atoms with van der Waals surface area (Å²) in [5.41, 5.74) is 2.06. The Labute approximate surface area is 400 Å². The summed E-state index contributed by atoms with van der Waals surface area (Å²) in [6, 6.07) is 44.1. The average Bonchev–Trinajstić information content (AvgIpc) is 3.84. The van der Waals surface area contributed by atoms with Gasteiger partial charge in [-0.2, -0.15) is 0 Å². The maximum atomic E-state index is 16.6. The summed E-state index contributed by atoms with van der Waals surface area (Å²) in [7, 11) is 0. The van der Waals surface area contributed by atoms with E-state index >= 15 is 19.2 Å². The zero-order valence-electron chi connectivity index (χ0n) is 37.9. The summed E-state index contributed by atoms with van der Waals surface area (Å²) in [5, 5.41) is 36.7. The van der Waals surface area contributed by atoms with Crippen LogP contribution < -0.4 is 20.3 Å². The fourth-order valence-electron chi connectivity index (χ4n) is 10.3. The van der Waals surface area contributed by atoms with Crippen LogP contribution in [-0.4, -0.2) is 76.4 Å². The number of carbonyl (C=O) groups is 4. The second-order valence-corrected chi connectivity index (χ2v) is 17.3. The summed E-state index contributed by atoms with van der Waals surface area (Å²) in [5.74, 6) is 2.63. The Morgan fingerprint density at radius 1 is 0.754 bits per heavy atom. The van der Waals surface area contributed by atoms with Gasteiger partial charge >= 0.3 is 12.0 Å². The standard InChI is InChI=1S/C56H52N4O9/c1-36(38-17-6-2-7-18-38)58-55(67)59-45-30-25-37(16-14-15-31-61)34-44(45)56(54(59)66)47(52(64)57-35-46(63)39-19-8-3-9-20-39)49-53(65)69-50(41-23-12-5-13-24-41)48(40-21-10-4-11-22-40)60(49)51(56)42-26-28-43(29-27-42)68-33-32-62/h2-13,17-30,34,36,46-51,61-63H,15,31-33,35H2,1H3,(H,57,64)(H,58,67)/t36-,46+,47+,48+,49+,50-,51-,56+/m1/s1. The topological polar surface area (TPSA) is 178 Å². The van der Waals surface area contributed by atoms with Crippen molar-refractivity contribution < 1.29 is 44.0 Å². The van der Waals surface area contributed by atoms with Gasteiger partial charge in [0.15, 0.2) is 0 Å². The van der Waals surface area contributed by atoms with Crippen LogP contribution in [0.1, 0.15) is 82.6 Å². The number of carbonyl (C=O) groups excluding carboxylic acids is 4. The predicted octanol–water partition coefficient (Wildman–Crippen LogP) is 6.78. The molecule has 0 unspecified atom stereocenters. The van der Waals surface area contributed by atoms with Gasteiger partial charge in [-0.3, -0.25) is 19.3 Å². The number of rotatable bonds is 13. The molecule has 9 rings (SSSR count). The molecule has 6 aromatic carbocycles.